The number of carbonyl (C=O) groups excluding carboxylic acids is 1. The van der Waals surface area contributed by atoms with Crippen molar-refractivity contribution in [2.45, 2.75) is 13.8 Å². The molecule has 0 aliphatic rings. The minimum atomic E-state index is -0.399. The quantitative estimate of drug-likeness (QED) is 0.387. The standard InChI is InChI=1S/C23H18O4/c1-14-9-20(23-15(2)11-22(25)27-21(23)10-14)26-13-19(24)18-8-7-16-5-3-4-6-17(16)12-18/h3-12H,13H2,1-2H3. The van der Waals surface area contributed by atoms with Gasteiger partial charge in [0.15, 0.2) is 12.4 Å². The van der Waals surface area contributed by atoms with E-state index in [9.17, 15) is 9.59 Å². The van der Waals surface area contributed by atoms with Gasteiger partial charge in [0.25, 0.3) is 0 Å². The van der Waals surface area contributed by atoms with Gasteiger partial charge in [-0.1, -0.05) is 36.4 Å². The van der Waals surface area contributed by atoms with Crippen molar-refractivity contribution in [3.8, 4) is 5.75 Å². The van der Waals surface area contributed by atoms with E-state index in [4.69, 9.17) is 9.15 Å². The van der Waals surface area contributed by atoms with Crippen LogP contribution in [0.5, 0.6) is 5.75 Å². The molecule has 3 aromatic carbocycles. The molecule has 0 spiro atoms. The number of hydrogen-bond donors (Lipinski definition) is 0. The maximum atomic E-state index is 12.6. The van der Waals surface area contributed by atoms with Crippen molar-refractivity contribution < 1.29 is 13.9 Å². The molecule has 0 atom stereocenters. The molecule has 0 N–H and O–H groups in total. The van der Waals surface area contributed by atoms with Crippen molar-refractivity contribution in [3.63, 3.8) is 0 Å². The van der Waals surface area contributed by atoms with Crippen LogP contribution in [0, 0.1) is 13.8 Å². The van der Waals surface area contributed by atoms with Crippen molar-refractivity contribution in [3.05, 3.63) is 87.8 Å². The predicted octanol–water partition coefficient (Wildman–Crippen LogP) is 4.82. The second-order valence-corrected chi connectivity index (χ2v) is 6.66. The van der Waals surface area contributed by atoms with Crippen molar-refractivity contribution in [1.29, 1.82) is 0 Å². The minimum Gasteiger partial charge on any atom is -0.485 e. The Hall–Kier alpha value is -3.40. The Morgan fingerprint density at radius 1 is 0.963 bits per heavy atom. The minimum absolute atomic E-state index is 0.0878. The average molecular weight is 358 g/mol. The van der Waals surface area contributed by atoms with Gasteiger partial charge in [-0.25, -0.2) is 4.79 Å². The van der Waals surface area contributed by atoms with Gasteiger partial charge in [0.2, 0.25) is 0 Å². The number of hydrogen-bond acceptors (Lipinski definition) is 4. The number of rotatable bonds is 4. The zero-order chi connectivity index (χ0) is 19.0. The monoisotopic (exact) mass is 358 g/mol. The number of fused-ring (bicyclic) bond motifs is 2. The number of Topliss-reactive ketones (excluding diaryl/α,β-unsaturated/α-hetero) is 1. The highest BCUT2D eigenvalue weighted by atomic mass is 16.5. The van der Waals surface area contributed by atoms with Gasteiger partial charge in [-0.15, -0.1) is 0 Å². The summed E-state index contributed by atoms with van der Waals surface area (Å²) in [6, 6.07) is 18.6. The van der Waals surface area contributed by atoms with Gasteiger partial charge in [-0.05, 0) is 53.9 Å². The van der Waals surface area contributed by atoms with Crippen LogP contribution in [0.1, 0.15) is 21.5 Å². The topological polar surface area (TPSA) is 56.5 Å². The SMILES string of the molecule is Cc1cc(OCC(=O)c2ccc3ccccc3c2)c2c(C)cc(=O)oc2c1. The molecule has 0 aliphatic heterocycles. The summed E-state index contributed by atoms with van der Waals surface area (Å²) in [7, 11) is 0. The van der Waals surface area contributed by atoms with E-state index in [0.29, 0.717) is 22.3 Å². The lowest BCUT2D eigenvalue weighted by atomic mass is 10.0. The van der Waals surface area contributed by atoms with Gasteiger partial charge in [-0.3, -0.25) is 4.79 Å². The molecule has 1 heterocycles. The van der Waals surface area contributed by atoms with E-state index in [1.54, 1.807) is 6.07 Å². The third kappa shape index (κ3) is 3.34. The fourth-order valence-electron chi connectivity index (χ4n) is 3.28. The normalized spacial score (nSPS) is 11.0. The molecule has 1 aromatic heterocycles. The average Bonchev–Trinajstić information content (AvgIpc) is 2.64. The molecule has 0 saturated heterocycles. The van der Waals surface area contributed by atoms with Crippen LogP contribution in [-0.4, -0.2) is 12.4 Å². The fourth-order valence-corrected chi connectivity index (χ4v) is 3.28. The smallest absolute Gasteiger partial charge is 0.336 e. The van der Waals surface area contributed by atoms with Gasteiger partial charge in [0.05, 0.1) is 5.39 Å². The van der Waals surface area contributed by atoms with Crippen LogP contribution in [0.15, 0.2) is 69.9 Å². The predicted molar refractivity (Wildman–Crippen MR) is 106 cm³/mol. The molecule has 0 aliphatic carbocycles. The lowest BCUT2D eigenvalue weighted by Crippen LogP contribution is -2.12. The molecule has 4 nitrogen and oxygen atoms in total. The van der Waals surface area contributed by atoms with Crippen LogP contribution >= 0.6 is 0 Å². The van der Waals surface area contributed by atoms with E-state index in [1.807, 2.05) is 62.4 Å². The number of ether oxygens (including phenoxy) is 1. The molecule has 0 amide bonds. The third-order valence-electron chi connectivity index (χ3n) is 4.58. The number of carbonyl (C=O) groups is 1. The highest BCUT2D eigenvalue weighted by Crippen LogP contribution is 2.29. The van der Waals surface area contributed by atoms with E-state index >= 15 is 0 Å². The molecule has 4 rings (SSSR count). The lowest BCUT2D eigenvalue weighted by molar-refractivity contribution is 0.0922. The summed E-state index contributed by atoms with van der Waals surface area (Å²) in [6.07, 6.45) is 0. The summed E-state index contributed by atoms with van der Waals surface area (Å²) < 4.78 is 11.1. The molecule has 0 bridgehead atoms. The summed E-state index contributed by atoms with van der Waals surface area (Å²) >= 11 is 0. The van der Waals surface area contributed by atoms with Crippen LogP contribution in [-0.2, 0) is 0 Å². The van der Waals surface area contributed by atoms with Gasteiger partial charge in [-0.2, -0.15) is 0 Å². The first-order chi connectivity index (χ1) is 13.0. The molecule has 0 fully saturated rings. The van der Waals surface area contributed by atoms with E-state index in [0.717, 1.165) is 21.9 Å². The van der Waals surface area contributed by atoms with E-state index in [1.165, 1.54) is 6.07 Å². The molecule has 0 radical (unpaired) electrons. The number of aryl methyl sites for hydroxylation is 2. The van der Waals surface area contributed by atoms with Crippen LogP contribution in [0.2, 0.25) is 0 Å². The molecule has 0 unspecified atom stereocenters. The molecular formula is C23H18O4. The van der Waals surface area contributed by atoms with E-state index in [-0.39, 0.29) is 12.4 Å². The lowest BCUT2D eigenvalue weighted by Gasteiger charge is -2.11. The summed E-state index contributed by atoms with van der Waals surface area (Å²) in [5, 5.41) is 2.82. The van der Waals surface area contributed by atoms with E-state index < -0.39 is 5.63 Å². The molecule has 4 heteroatoms. The largest absolute Gasteiger partial charge is 0.485 e. The van der Waals surface area contributed by atoms with Crippen molar-refractivity contribution in [2.75, 3.05) is 6.61 Å². The highest BCUT2D eigenvalue weighted by Gasteiger charge is 2.13. The second-order valence-electron chi connectivity index (χ2n) is 6.66. The zero-order valence-electron chi connectivity index (χ0n) is 15.1. The Morgan fingerprint density at radius 3 is 2.56 bits per heavy atom. The Morgan fingerprint density at radius 2 is 1.74 bits per heavy atom. The second kappa shape index (κ2) is 6.72. The molecule has 27 heavy (non-hydrogen) atoms. The first-order valence-electron chi connectivity index (χ1n) is 8.71. The van der Waals surface area contributed by atoms with Crippen molar-refractivity contribution in [1.82, 2.24) is 0 Å². The van der Waals surface area contributed by atoms with E-state index in [2.05, 4.69) is 0 Å². The summed E-state index contributed by atoms with van der Waals surface area (Å²) in [6.45, 7) is 3.63. The fraction of sp³-hybridized carbons (Fsp3) is 0.130. The Labute approximate surface area is 156 Å². The Bertz CT molecular complexity index is 1230. The maximum absolute atomic E-state index is 12.6. The van der Waals surface area contributed by atoms with Gasteiger partial charge in [0, 0.05) is 11.6 Å². The molecular weight excluding hydrogens is 340 g/mol. The Kier molecular flexibility index (Phi) is 4.24. The highest BCUT2D eigenvalue weighted by molar-refractivity contribution is 6.01. The number of ketones is 1. The van der Waals surface area contributed by atoms with Gasteiger partial charge < -0.3 is 9.15 Å². The van der Waals surface area contributed by atoms with Crippen LogP contribution < -0.4 is 10.4 Å². The van der Waals surface area contributed by atoms with Gasteiger partial charge >= 0.3 is 5.63 Å². The maximum Gasteiger partial charge on any atom is 0.336 e. The van der Waals surface area contributed by atoms with Crippen molar-refractivity contribution in [2.24, 2.45) is 0 Å². The summed E-state index contributed by atoms with van der Waals surface area (Å²) in [4.78, 5) is 24.2. The molecule has 0 saturated carbocycles. The van der Waals surface area contributed by atoms with Crippen LogP contribution in [0.4, 0.5) is 0 Å². The molecule has 4 aromatic rings. The zero-order valence-corrected chi connectivity index (χ0v) is 15.1. The summed E-state index contributed by atoms with van der Waals surface area (Å²) in [5.74, 6) is 0.436. The first kappa shape index (κ1) is 17.0. The molecule has 134 valence electrons. The van der Waals surface area contributed by atoms with Crippen LogP contribution in [0.25, 0.3) is 21.7 Å². The first-order valence-corrected chi connectivity index (χ1v) is 8.71. The number of benzene rings is 3. The van der Waals surface area contributed by atoms with Gasteiger partial charge in [0.1, 0.15) is 11.3 Å². The third-order valence-corrected chi connectivity index (χ3v) is 4.58. The van der Waals surface area contributed by atoms with Crippen molar-refractivity contribution >= 4 is 27.5 Å². The summed E-state index contributed by atoms with van der Waals surface area (Å²) in [5.41, 5.74) is 2.32. The Balaban J connectivity index is 1.64. The van der Waals surface area contributed by atoms with Crippen LogP contribution in [0.3, 0.4) is 0 Å².